The number of nitrogens with zero attached hydrogens (tertiary/aromatic N) is 1. The van der Waals surface area contributed by atoms with Gasteiger partial charge in [0.2, 0.25) is 0 Å². The molecule has 0 saturated carbocycles. The molecule has 7 nitrogen and oxygen atoms in total. The summed E-state index contributed by atoms with van der Waals surface area (Å²) in [7, 11) is 1.36. The fourth-order valence-electron chi connectivity index (χ4n) is 4.59. The number of methoxy groups -OCH3 is 1. The summed E-state index contributed by atoms with van der Waals surface area (Å²) in [6.07, 6.45) is 1.78. The second-order valence-corrected chi connectivity index (χ2v) is 9.12. The summed E-state index contributed by atoms with van der Waals surface area (Å²) in [6, 6.07) is 20.8. The lowest BCUT2D eigenvalue weighted by Gasteiger charge is -2.30. The SMILES string of the molecule is COC(=O)c1cccc(C[NH2+]C2CNCC[C@H]2c2ccc(OCCCOCc3ccccc3F)cc2)n1. The molecule has 8 heteroatoms. The molecule has 37 heavy (non-hydrogen) atoms. The Morgan fingerprint density at radius 1 is 1.08 bits per heavy atom. The lowest BCUT2D eigenvalue weighted by atomic mass is 9.86. The largest absolute Gasteiger partial charge is 0.494 e. The topological polar surface area (TPSA) is 86.3 Å². The van der Waals surface area contributed by atoms with Gasteiger partial charge < -0.3 is 24.8 Å². The van der Waals surface area contributed by atoms with Crippen molar-refractivity contribution in [2.24, 2.45) is 0 Å². The Morgan fingerprint density at radius 2 is 1.92 bits per heavy atom. The molecule has 1 saturated heterocycles. The highest BCUT2D eigenvalue weighted by atomic mass is 19.1. The van der Waals surface area contributed by atoms with Gasteiger partial charge in [-0.05, 0) is 48.9 Å². The van der Waals surface area contributed by atoms with Crippen LogP contribution in [-0.4, -0.2) is 50.4 Å². The van der Waals surface area contributed by atoms with E-state index in [1.54, 1.807) is 24.3 Å². The standard InChI is InChI=1S/C29H34FN3O4/c1-35-29(34)27-9-4-7-23(33-27)18-32-28-19-31-15-14-25(28)21-10-12-24(13-11-21)37-17-5-16-36-20-22-6-2-3-8-26(22)30/h2-4,6-13,25,28,31-32H,5,14-20H2,1H3/p+1/t25-,28?/m0/s1. The second kappa shape index (κ2) is 13.8. The summed E-state index contributed by atoms with van der Waals surface area (Å²) >= 11 is 0. The minimum Gasteiger partial charge on any atom is -0.494 e. The van der Waals surface area contributed by atoms with Gasteiger partial charge in [0, 0.05) is 24.4 Å². The van der Waals surface area contributed by atoms with Gasteiger partial charge >= 0.3 is 5.97 Å². The molecule has 2 aromatic carbocycles. The quantitative estimate of drug-likeness (QED) is 0.289. The number of carbonyl (C=O) groups excluding carboxylic acids is 1. The minimum atomic E-state index is -0.420. The number of quaternary nitrogens is 1. The zero-order valence-corrected chi connectivity index (χ0v) is 21.2. The first-order chi connectivity index (χ1) is 18.1. The summed E-state index contributed by atoms with van der Waals surface area (Å²) in [5, 5.41) is 5.79. The van der Waals surface area contributed by atoms with E-state index in [1.165, 1.54) is 18.7 Å². The van der Waals surface area contributed by atoms with Gasteiger partial charge in [-0.25, -0.2) is 14.2 Å². The summed E-state index contributed by atoms with van der Waals surface area (Å²) in [5.41, 5.74) is 3.05. The van der Waals surface area contributed by atoms with E-state index in [0.717, 1.165) is 37.4 Å². The highest BCUT2D eigenvalue weighted by Gasteiger charge is 2.29. The molecular weight excluding hydrogens is 473 g/mol. The van der Waals surface area contributed by atoms with Crippen LogP contribution in [0.25, 0.3) is 0 Å². The van der Waals surface area contributed by atoms with E-state index in [2.05, 4.69) is 27.8 Å². The molecule has 2 heterocycles. The third-order valence-corrected chi connectivity index (χ3v) is 6.59. The van der Waals surface area contributed by atoms with Crippen molar-refractivity contribution in [2.75, 3.05) is 33.4 Å². The number of rotatable bonds is 12. The van der Waals surface area contributed by atoms with Crippen LogP contribution >= 0.6 is 0 Å². The summed E-state index contributed by atoms with van der Waals surface area (Å²) in [4.78, 5) is 16.2. The molecule has 0 spiro atoms. The Bertz CT molecular complexity index is 1140. The van der Waals surface area contributed by atoms with E-state index in [4.69, 9.17) is 14.2 Å². The van der Waals surface area contributed by atoms with Gasteiger partial charge in [0.25, 0.3) is 0 Å². The number of pyridine rings is 1. The molecule has 0 radical (unpaired) electrons. The van der Waals surface area contributed by atoms with Gasteiger partial charge in [-0.15, -0.1) is 0 Å². The van der Waals surface area contributed by atoms with Gasteiger partial charge in [0.15, 0.2) is 0 Å². The first-order valence-corrected chi connectivity index (χ1v) is 12.8. The highest BCUT2D eigenvalue weighted by molar-refractivity contribution is 5.87. The molecule has 0 bridgehead atoms. The number of aromatic nitrogens is 1. The van der Waals surface area contributed by atoms with E-state index in [1.807, 2.05) is 24.3 Å². The fourth-order valence-corrected chi connectivity index (χ4v) is 4.59. The molecule has 1 unspecified atom stereocenters. The number of carbonyl (C=O) groups is 1. The van der Waals surface area contributed by atoms with Crippen LogP contribution in [0.5, 0.6) is 5.75 Å². The second-order valence-electron chi connectivity index (χ2n) is 9.12. The normalized spacial score (nSPS) is 17.4. The Kier molecular flexibility index (Phi) is 9.99. The van der Waals surface area contributed by atoms with Crippen LogP contribution < -0.4 is 15.4 Å². The molecule has 3 N–H and O–H groups in total. The lowest BCUT2D eigenvalue weighted by molar-refractivity contribution is -0.707. The van der Waals surface area contributed by atoms with Gasteiger partial charge in [-0.3, -0.25) is 0 Å². The molecule has 1 aliphatic rings. The van der Waals surface area contributed by atoms with Crippen LogP contribution in [0.2, 0.25) is 0 Å². The zero-order valence-electron chi connectivity index (χ0n) is 21.2. The number of ether oxygens (including phenoxy) is 3. The van der Waals surface area contributed by atoms with Gasteiger partial charge in [0.1, 0.15) is 29.8 Å². The zero-order chi connectivity index (χ0) is 25.9. The Labute approximate surface area is 217 Å². The number of nitrogens with one attached hydrogen (secondary N) is 1. The van der Waals surface area contributed by atoms with Crippen LogP contribution in [0.1, 0.15) is 46.1 Å². The molecule has 1 aliphatic heterocycles. The molecule has 3 aromatic rings. The Balaban J connectivity index is 1.23. The summed E-state index contributed by atoms with van der Waals surface area (Å²) < 4.78 is 29.9. The van der Waals surface area contributed by atoms with Gasteiger partial charge in [-0.2, -0.15) is 0 Å². The number of hydrogen-bond donors (Lipinski definition) is 2. The van der Waals surface area contributed by atoms with Gasteiger partial charge in [-0.1, -0.05) is 36.4 Å². The molecule has 0 amide bonds. The molecule has 0 aliphatic carbocycles. The van der Waals surface area contributed by atoms with Crippen molar-refractivity contribution >= 4 is 5.97 Å². The third kappa shape index (κ3) is 7.82. The molecule has 196 valence electrons. The first kappa shape index (κ1) is 26.7. The maximum Gasteiger partial charge on any atom is 0.356 e. The number of esters is 1. The smallest absolute Gasteiger partial charge is 0.356 e. The van der Waals surface area contributed by atoms with Crippen LogP contribution in [0.3, 0.4) is 0 Å². The van der Waals surface area contributed by atoms with Crippen LogP contribution in [-0.2, 0) is 22.6 Å². The average molecular weight is 509 g/mol. The van der Waals surface area contributed by atoms with Crippen molar-refractivity contribution in [3.63, 3.8) is 0 Å². The number of benzene rings is 2. The molecule has 1 fully saturated rings. The Morgan fingerprint density at radius 3 is 2.73 bits per heavy atom. The highest BCUT2D eigenvalue weighted by Crippen LogP contribution is 2.26. The van der Waals surface area contributed by atoms with Crippen LogP contribution in [0.4, 0.5) is 4.39 Å². The Hall–Kier alpha value is -3.33. The third-order valence-electron chi connectivity index (χ3n) is 6.59. The van der Waals surface area contributed by atoms with Gasteiger partial charge in [0.05, 0.1) is 32.6 Å². The molecular formula is C29H35FN3O4+. The van der Waals surface area contributed by atoms with Crippen molar-refractivity contribution in [1.82, 2.24) is 10.3 Å². The summed E-state index contributed by atoms with van der Waals surface area (Å²) in [5.74, 6) is 0.579. The van der Waals surface area contributed by atoms with Crippen molar-refractivity contribution < 1.29 is 28.7 Å². The van der Waals surface area contributed by atoms with Crippen molar-refractivity contribution in [1.29, 1.82) is 0 Å². The van der Waals surface area contributed by atoms with Crippen molar-refractivity contribution in [3.8, 4) is 5.75 Å². The summed E-state index contributed by atoms with van der Waals surface area (Å²) in [6.45, 7) is 3.90. The van der Waals surface area contributed by atoms with Crippen LogP contribution in [0.15, 0.2) is 66.7 Å². The van der Waals surface area contributed by atoms with E-state index in [-0.39, 0.29) is 12.4 Å². The maximum absolute atomic E-state index is 13.6. The fraction of sp³-hybridized carbons (Fsp3) is 0.379. The molecule has 1 aromatic heterocycles. The monoisotopic (exact) mass is 508 g/mol. The maximum atomic E-state index is 13.6. The predicted molar refractivity (Wildman–Crippen MR) is 138 cm³/mol. The number of halogens is 1. The van der Waals surface area contributed by atoms with Crippen molar-refractivity contribution in [3.05, 3.63) is 95.1 Å². The molecule has 4 rings (SSSR count). The van der Waals surface area contributed by atoms with E-state index in [9.17, 15) is 9.18 Å². The predicted octanol–water partition coefficient (Wildman–Crippen LogP) is 3.20. The number of piperidine rings is 1. The first-order valence-electron chi connectivity index (χ1n) is 12.8. The van der Waals surface area contributed by atoms with Crippen LogP contribution in [0, 0.1) is 5.82 Å². The van der Waals surface area contributed by atoms with E-state index >= 15 is 0 Å². The van der Waals surface area contributed by atoms with Crippen molar-refractivity contribution in [2.45, 2.75) is 38.0 Å². The number of hydrogen-bond acceptors (Lipinski definition) is 6. The minimum absolute atomic E-state index is 0.239. The van der Waals surface area contributed by atoms with E-state index < -0.39 is 5.97 Å². The average Bonchev–Trinajstić information content (AvgIpc) is 2.95. The number of nitrogens with two attached hydrogens (primary N) is 1. The molecule has 2 atom stereocenters. The van der Waals surface area contributed by atoms with E-state index in [0.29, 0.717) is 43.0 Å². The lowest BCUT2D eigenvalue weighted by Crippen LogP contribution is -2.92.